The van der Waals surface area contributed by atoms with Crippen LogP contribution in [0.4, 0.5) is 0 Å². The van der Waals surface area contributed by atoms with Gasteiger partial charge in [0.1, 0.15) is 0 Å². The summed E-state index contributed by atoms with van der Waals surface area (Å²) >= 11 is 0. The van der Waals surface area contributed by atoms with E-state index in [1.165, 1.54) is 16.2 Å². The van der Waals surface area contributed by atoms with Crippen molar-refractivity contribution in [3.63, 3.8) is 0 Å². The summed E-state index contributed by atoms with van der Waals surface area (Å²) in [7, 11) is 0. The first-order valence-electron chi connectivity index (χ1n) is 6.01. The molecule has 0 aromatic heterocycles. The van der Waals surface area contributed by atoms with Crippen molar-refractivity contribution in [1.82, 2.24) is 0 Å². The predicted octanol–water partition coefficient (Wildman–Crippen LogP) is 4.21. The number of benzene rings is 3. The van der Waals surface area contributed by atoms with E-state index in [-0.39, 0.29) is 0 Å². The van der Waals surface area contributed by atoms with Gasteiger partial charge in [-0.15, -0.1) is 6.58 Å². The molecule has 1 atom stereocenters. The maximum absolute atomic E-state index is 9.78. The van der Waals surface area contributed by atoms with E-state index in [2.05, 4.69) is 30.8 Å². The molecule has 0 spiro atoms. The second kappa shape index (κ2) is 4.28. The average molecular weight is 234 g/mol. The zero-order valence-electron chi connectivity index (χ0n) is 10.0. The highest BCUT2D eigenvalue weighted by Gasteiger charge is 2.04. The van der Waals surface area contributed by atoms with E-state index in [1.54, 1.807) is 6.08 Å². The molecule has 0 heterocycles. The van der Waals surface area contributed by atoms with Crippen LogP contribution in [-0.4, -0.2) is 5.11 Å². The molecule has 1 nitrogen and oxygen atoms in total. The molecule has 18 heavy (non-hydrogen) atoms. The number of hydrogen-bond acceptors (Lipinski definition) is 1. The Morgan fingerprint density at radius 2 is 1.44 bits per heavy atom. The van der Waals surface area contributed by atoms with Crippen LogP contribution in [0.1, 0.15) is 11.7 Å². The fourth-order valence-corrected chi connectivity index (χ4v) is 2.28. The van der Waals surface area contributed by atoms with Gasteiger partial charge >= 0.3 is 0 Å². The minimum atomic E-state index is -0.596. The number of aliphatic hydroxyl groups is 1. The molecule has 0 bridgehead atoms. The van der Waals surface area contributed by atoms with Crippen molar-refractivity contribution in [3.8, 4) is 0 Å². The summed E-state index contributed by atoms with van der Waals surface area (Å²) in [5.74, 6) is 0. The van der Waals surface area contributed by atoms with Crippen molar-refractivity contribution in [2.75, 3.05) is 0 Å². The Morgan fingerprint density at radius 3 is 2.11 bits per heavy atom. The van der Waals surface area contributed by atoms with E-state index in [4.69, 9.17) is 0 Å². The first-order valence-corrected chi connectivity index (χ1v) is 6.01. The highest BCUT2D eigenvalue weighted by molar-refractivity contribution is 5.98. The van der Waals surface area contributed by atoms with E-state index < -0.39 is 6.10 Å². The lowest BCUT2D eigenvalue weighted by atomic mass is 10.00. The van der Waals surface area contributed by atoms with Crippen molar-refractivity contribution in [2.24, 2.45) is 0 Å². The minimum Gasteiger partial charge on any atom is -0.384 e. The van der Waals surface area contributed by atoms with Crippen LogP contribution in [0, 0.1) is 0 Å². The van der Waals surface area contributed by atoms with Crippen LogP contribution in [0.3, 0.4) is 0 Å². The Morgan fingerprint density at radius 1 is 0.833 bits per heavy atom. The topological polar surface area (TPSA) is 20.2 Å². The molecule has 0 saturated heterocycles. The zero-order valence-corrected chi connectivity index (χ0v) is 10.0. The van der Waals surface area contributed by atoms with E-state index in [1.807, 2.05) is 30.3 Å². The van der Waals surface area contributed by atoms with Gasteiger partial charge in [-0.25, -0.2) is 0 Å². The smallest absolute Gasteiger partial charge is 0.0969 e. The molecular weight excluding hydrogens is 220 g/mol. The summed E-state index contributed by atoms with van der Waals surface area (Å²) in [6.07, 6.45) is 0.947. The lowest BCUT2D eigenvalue weighted by Crippen LogP contribution is -1.91. The average Bonchev–Trinajstić information content (AvgIpc) is 2.43. The highest BCUT2D eigenvalue weighted by atomic mass is 16.3. The minimum absolute atomic E-state index is 0.596. The summed E-state index contributed by atoms with van der Waals surface area (Å²) < 4.78 is 0. The SMILES string of the molecule is C=CC(O)c1ccc2cc3ccccc3cc2c1. The molecule has 0 amide bonds. The third-order valence-corrected chi connectivity index (χ3v) is 3.29. The third kappa shape index (κ3) is 1.79. The van der Waals surface area contributed by atoms with Crippen molar-refractivity contribution in [3.05, 3.63) is 72.8 Å². The summed E-state index contributed by atoms with van der Waals surface area (Å²) in [4.78, 5) is 0. The monoisotopic (exact) mass is 234 g/mol. The molecule has 0 fully saturated rings. The van der Waals surface area contributed by atoms with E-state index in [0.717, 1.165) is 10.9 Å². The van der Waals surface area contributed by atoms with Crippen molar-refractivity contribution < 1.29 is 5.11 Å². The summed E-state index contributed by atoms with van der Waals surface area (Å²) in [5.41, 5.74) is 0.882. The number of hydrogen-bond donors (Lipinski definition) is 1. The van der Waals surface area contributed by atoms with Crippen LogP contribution in [0.5, 0.6) is 0 Å². The Hall–Kier alpha value is -2.12. The van der Waals surface area contributed by atoms with Crippen LogP contribution in [0.15, 0.2) is 67.3 Å². The third-order valence-electron chi connectivity index (χ3n) is 3.29. The lowest BCUT2D eigenvalue weighted by Gasteiger charge is -2.08. The highest BCUT2D eigenvalue weighted by Crippen LogP contribution is 2.25. The molecule has 0 aliphatic rings. The summed E-state index contributed by atoms with van der Waals surface area (Å²) in [6.45, 7) is 3.62. The van der Waals surface area contributed by atoms with Crippen molar-refractivity contribution >= 4 is 21.5 Å². The normalized spacial score (nSPS) is 12.7. The second-order valence-corrected chi connectivity index (χ2v) is 4.49. The molecule has 1 heteroatoms. The standard InChI is InChI=1S/C17H14O/c1-2-17(18)15-8-7-14-9-12-5-3-4-6-13(12)10-16(14)11-15/h2-11,17-18H,1H2. The van der Waals surface area contributed by atoms with Crippen LogP contribution >= 0.6 is 0 Å². The van der Waals surface area contributed by atoms with Crippen molar-refractivity contribution in [1.29, 1.82) is 0 Å². The Kier molecular flexibility index (Phi) is 2.62. The zero-order chi connectivity index (χ0) is 12.5. The van der Waals surface area contributed by atoms with Gasteiger partial charge in [0.2, 0.25) is 0 Å². The fraction of sp³-hybridized carbons (Fsp3) is 0.0588. The number of fused-ring (bicyclic) bond motifs is 2. The van der Waals surface area contributed by atoms with Gasteiger partial charge in [-0.2, -0.15) is 0 Å². The van der Waals surface area contributed by atoms with Gasteiger partial charge in [0.15, 0.2) is 0 Å². The number of aliphatic hydroxyl groups excluding tert-OH is 1. The molecular formula is C17H14O. The van der Waals surface area contributed by atoms with Gasteiger partial charge in [-0.1, -0.05) is 42.5 Å². The van der Waals surface area contributed by atoms with Crippen LogP contribution in [0.25, 0.3) is 21.5 Å². The fourth-order valence-electron chi connectivity index (χ4n) is 2.28. The van der Waals surface area contributed by atoms with Crippen LogP contribution < -0.4 is 0 Å². The largest absolute Gasteiger partial charge is 0.384 e. The molecule has 1 N–H and O–H groups in total. The van der Waals surface area contributed by atoms with Gasteiger partial charge < -0.3 is 5.11 Å². The van der Waals surface area contributed by atoms with Crippen molar-refractivity contribution in [2.45, 2.75) is 6.10 Å². The van der Waals surface area contributed by atoms with E-state index >= 15 is 0 Å². The number of rotatable bonds is 2. The molecule has 0 saturated carbocycles. The van der Waals surface area contributed by atoms with Gasteiger partial charge in [0, 0.05) is 0 Å². The molecule has 3 aromatic carbocycles. The van der Waals surface area contributed by atoms with E-state index in [9.17, 15) is 5.11 Å². The predicted molar refractivity (Wildman–Crippen MR) is 76.6 cm³/mol. The Labute approximate surface area is 106 Å². The molecule has 1 unspecified atom stereocenters. The molecule has 3 rings (SSSR count). The molecule has 0 radical (unpaired) electrons. The van der Waals surface area contributed by atoms with Crippen LogP contribution in [-0.2, 0) is 0 Å². The summed E-state index contributed by atoms with van der Waals surface area (Å²) in [5, 5.41) is 14.6. The first-order chi connectivity index (χ1) is 8.78. The second-order valence-electron chi connectivity index (χ2n) is 4.49. The lowest BCUT2D eigenvalue weighted by molar-refractivity contribution is 0.229. The van der Waals surface area contributed by atoms with E-state index in [0.29, 0.717) is 0 Å². The van der Waals surface area contributed by atoms with Gasteiger partial charge in [-0.3, -0.25) is 0 Å². The first kappa shape index (κ1) is 11.0. The molecule has 3 aromatic rings. The van der Waals surface area contributed by atoms with Gasteiger partial charge in [0.05, 0.1) is 6.10 Å². The van der Waals surface area contributed by atoms with Crippen LogP contribution in [0.2, 0.25) is 0 Å². The maximum Gasteiger partial charge on any atom is 0.0969 e. The maximum atomic E-state index is 9.78. The molecule has 0 aliphatic heterocycles. The van der Waals surface area contributed by atoms with Gasteiger partial charge in [-0.05, 0) is 45.3 Å². The molecule has 0 aliphatic carbocycles. The molecule has 88 valence electrons. The quantitative estimate of drug-likeness (QED) is 0.520. The summed E-state index contributed by atoms with van der Waals surface area (Å²) in [6, 6.07) is 18.6. The van der Waals surface area contributed by atoms with Gasteiger partial charge in [0.25, 0.3) is 0 Å². The Bertz CT molecular complexity index is 728. The Balaban J connectivity index is 2.27.